The molecule has 1 atom stereocenters. The quantitative estimate of drug-likeness (QED) is 0.876. The van der Waals surface area contributed by atoms with Crippen LogP contribution >= 0.6 is 22.9 Å². The Labute approximate surface area is 104 Å². The van der Waals surface area contributed by atoms with E-state index in [2.05, 4.69) is 0 Å². The highest BCUT2D eigenvalue weighted by Gasteiger charge is 2.13. The molecule has 16 heavy (non-hydrogen) atoms. The lowest BCUT2D eigenvalue weighted by Crippen LogP contribution is -2.01. The molecule has 1 aromatic heterocycles. The van der Waals surface area contributed by atoms with Crippen LogP contribution < -0.4 is 0 Å². The van der Waals surface area contributed by atoms with E-state index in [9.17, 15) is 5.11 Å². The minimum absolute atomic E-state index is 0.458. The van der Waals surface area contributed by atoms with Gasteiger partial charge >= 0.3 is 0 Å². The van der Waals surface area contributed by atoms with Crippen molar-refractivity contribution in [1.82, 2.24) is 0 Å². The molecule has 2 rings (SSSR count). The van der Waals surface area contributed by atoms with Crippen LogP contribution in [0.5, 0.6) is 0 Å². The molecule has 2 aromatic rings. The van der Waals surface area contributed by atoms with Crippen LogP contribution in [0.3, 0.4) is 0 Å². The van der Waals surface area contributed by atoms with Crippen LogP contribution in [-0.2, 0) is 6.42 Å². The summed E-state index contributed by atoms with van der Waals surface area (Å²) in [5, 5.41) is 12.8. The van der Waals surface area contributed by atoms with Crippen molar-refractivity contribution in [2.45, 2.75) is 19.4 Å². The second-order valence-corrected chi connectivity index (χ2v) is 5.13. The summed E-state index contributed by atoms with van der Waals surface area (Å²) >= 11 is 7.65. The van der Waals surface area contributed by atoms with Crippen molar-refractivity contribution in [2.24, 2.45) is 0 Å². The summed E-state index contributed by atoms with van der Waals surface area (Å²) in [5.74, 6) is 0. The molecule has 84 valence electrons. The Balaban J connectivity index is 2.17. The summed E-state index contributed by atoms with van der Waals surface area (Å²) in [6.07, 6.45) is 0.112. The summed E-state index contributed by atoms with van der Waals surface area (Å²) in [5.41, 5.74) is 2.13. The van der Waals surface area contributed by atoms with Gasteiger partial charge in [0.15, 0.2) is 0 Å². The van der Waals surface area contributed by atoms with Gasteiger partial charge in [-0.3, -0.25) is 0 Å². The number of hydrogen-bond donors (Lipinski definition) is 1. The second kappa shape index (κ2) is 5.00. The highest BCUT2D eigenvalue weighted by molar-refractivity contribution is 7.10. The Kier molecular flexibility index (Phi) is 3.64. The van der Waals surface area contributed by atoms with Crippen molar-refractivity contribution >= 4 is 22.9 Å². The maximum absolute atomic E-state index is 10.1. The molecule has 0 aliphatic rings. The van der Waals surface area contributed by atoms with Crippen LogP contribution in [0.4, 0.5) is 0 Å². The van der Waals surface area contributed by atoms with Crippen LogP contribution in [0.25, 0.3) is 0 Å². The molecule has 3 heteroatoms. The minimum Gasteiger partial charge on any atom is -0.387 e. The first kappa shape index (κ1) is 11.6. The fraction of sp³-hybridized carbons (Fsp3) is 0.231. The Morgan fingerprint density at radius 2 is 2.06 bits per heavy atom. The fourth-order valence-electron chi connectivity index (χ4n) is 1.69. The normalized spacial score (nSPS) is 12.7. The van der Waals surface area contributed by atoms with Gasteiger partial charge in [-0.15, -0.1) is 11.3 Å². The number of aliphatic hydroxyl groups excluding tert-OH is 1. The van der Waals surface area contributed by atoms with Gasteiger partial charge in [0.2, 0.25) is 0 Å². The van der Waals surface area contributed by atoms with Crippen molar-refractivity contribution in [2.75, 3.05) is 0 Å². The monoisotopic (exact) mass is 252 g/mol. The molecular weight excluding hydrogens is 240 g/mol. The second-order valence-electron chi connectivity index (χ2n) is 3.78. The van der Waals surface area contributed by atoms with Crippen LogP contribution in [0, 0.1) is 6.92 Å². The van der Waals surface area contributed by atoms with Gasteiger partial charge in [-0.1, -0.05) is 29.8 Å². The van der Waals surface area contributed by atoms with Gasteiger partial charge in [0.1, 0.15) is 0 Å². The maximum atomic E-state index is 10.1. The zero-order valence-electron chi connectivity index (χ0n) is 8.98. The Morgan fingerprint density at radius 1 is 1.31 bits per heavy atom. The highest BCUT2D eigenvalue weighted by Crippen LogP contribution is 2.28. The zero-order valence-corrected chi connectivity index (χ0v) is 10.6. The number of thiophene rings is 1. The summed E-state index contributed by atoms with van der Waals surface area (Å²) in [7, 11) is 0. The number of hydrogen-bond acceptors (Lipinski definition) is 2. The van der Waals surface area contributed by atoms with Gasteiger partial charge in [0, 0.05) is 16.3 Å². The highest BCUT2D eigenvalue weighted by atomic mass is 35.5. The first-order valence-corrected chi connectivity index (χ1v) is 6.39. The molecule has 0 spiro atoms. The molecule has 0 radical (unpaired) electrons. The molecule has 0 saturated carbocycles. The van der Waals surface area contributed by atoms with Crippen molar-refractivity contribution in [1.29, 1.82) is 0 Å². The molecule has 0 saturated heterocycles. The Morgan fingerprint density at radius 3 is 2.69 bits per heavy atom. The summed E-state index contributed by atoms with van der Waals surface area (Å²) in [6.45, 7) is 2.02. The first-order chi connectivity index (χ1) is 7.68. The predicted molar refractivity (Wildman–Crippen MR) is 69.2 cm³/mol. The fourth-order valence-corrected chi connectivity index (χ4v) is 2.82. The average Bonchev–Trinajstić information content (AvgIpc) is 2.68. The predicted octanol–water partition coefficient (Wildman–Crippen LogP) is 3.99. The van der Waals surface area contributed by atoms with E-state index in [0.717, 1.165) is 21.0 Å². The van der Waals surface area contributed by atoms with Crippen LogP contribution in [0.15, 0.2) is 35.7 Å². The van der Waals surface area contributed by atoms with E-state index in [0.29, 0.717) is 6.42 Å². The van der Waals surface area contributed by atoms with E-state index in [1.807, 2.05) is 42.6 Å². The average molecular weight is 253 g/mol. The third kappa shape index (κ3) is 2.46. The third-order valence-electron chi connectivity index (χ3n) is 2.58. The van der Waals surface area contributed by atoms with E-state index >= 15 is 0 Å². The van der Waals surface area contributed by atoms with Crippen LogP contribution in [0.2, 0.25) is 5.02 Å². The van der Waals surface area contributed by atoms with E-state index in [1.165, 1.54) is 0 Å². The standard InChI is InChI=1S/C13H13ClOS/c1-9-6-7-16-13(9)12(15)8-10-4-2-3-5-11(10)14/h2-7,12,15H,8H2,1H3. The molecule has 0 fully saturated rings. The van der Waals surface area contributed by atoms with Gasteiger partial charge < -0.3 is 5.11 Å². The van der Waals surface area contributed by atoms with Crippen LogP contribution in [-0.4, -0.2) is 5.11 Å². The van der Waals surface area contributed by atoms with Gasteiger partial charge in [-0.2, -0.15) is 0 Å². The molecule has 1 unspecified atom stereocenters. The smallest absolute Gasteiger partial charge is 0.0925 e. The third-order valence-corrected chi connectivity index (χ3v) is 4.06. The summed E-state index contributed by atoms with van der Waals surface area (Å²) in [4.78, 5) is 1.03. The van der Waals surface area contributed by atoms with Gasteiger partial charge in [-0.25, -0.2) is 0 Å². The molecule has 0 bridgehead atoms. The summed E-state index contributed by atoms with van der Waals surface area (Å²) in [6, 6.07) is 9.67. The van der Waals surface area contributed by atoms with Gasteiger partial charge in [0.25, 0.3) is 0 Å². The number of rotatable bonds is 3. The SMILES string of the molecule is Cc1ccsc1C(O)Cc1ccccc1Cl. The van der Waals surface area contributed by atoms with Crippen molar-refractivity contribution in [3.8, 4) is 0 Å². The van der Waals surface area contributed by atoms with Gasteiger partial charge in [-0.05, 0) is 35.6 Å². The molecule has 1 nitrogen and oxygen atoms in total. The van der Waals surface area contributed by atoms with E-state index < -0.39 is 6.10 Å². The lowest BCUT2D eigenvalue weighted by atomic mass is 10.1. The maximum Gasteiger partial charge on any atom is 0.0925 e. The summed E-state index contributed by atoms with van der Waals surface area (Å²) < 4.78 is 0. The Hall–Kier alpha value is -0.830. The molecule has 1 heterocycles. The number of halogens is 1. The number of aryl methyl sites for hydroxylation is 1. The topological polar surface area (TPSA) is 20.2 Å². The molecule has 1 aromatic carbocycles. The Bertz CT molecular complexity index is 478. The van der Waals surface area contributed by atoms with E-state index in [4.69, 9.17) is 11.6 Å². The zero-order chi connectivity index (χ0) is 11.5. The van der Waals surface area contributed by atoms with Crippen molar-refractivity contribution < 1.29 is 5.11 Å². The first-order valence-electron chi connectivity index (χ1n) is 5.14. The van der Waals surface area contributed by atoms with E-state index in [-0.39, 0.29) is 0 Å². The molecule has 0 aliphatic heterocycles. The number of benzene rings is 1. The molecule has 0 amide bonds. The van der Waals surface area contributed by atoms with Crippen molar-refractivity contribution in [3.63, 3.8) is 0 Å². The van der Waals surface area contributed by atoms with Crippen LogP contribution in [0.1, 0.15) is 22.1 Å². The lowest BCUT2D eigenvalue weighted by molar-refractivity contribution is 0.181. The van der Waals surface area contributed by atoms with Crippen molar-refractivity contribution in [3.05, 3.63) is 56.7 Å². The molecular formula is C13H13ClOS. The lowest BCUT2D eigenvalue weighted by Gasteiger charge is -2.11. The largest absolute Gasteiger partial charge is 0.387 e. The van der Waals surface area contributed by atoms with E-state index in [1.54, 1.807) is 11.3 Å². The molecule has 1 N–H and O–H groups in total. The minimum atomic E-state index is -0.458. The molecule has 0 aliphatic carbocycles. The van der Waals surface area contributed by atoms with Gasteiger partial charge in [0.05, 0.1) is 6.10 Å². The number of aliphatic hydroxyl groups is 1.